The molecule has 2 bridgehead atoms. The number of aromatic nitrogens is 3. The Bertz CT molecular complexity index is 1610. The summed E-state index contributed by atoms with van der Waals surface area (Å²) in [6, 6.07) is 5.66. The second-order valence-corrected chi connectivity index (χ2v) is 25.0. The fraction of sp³-hybridized carbons (Fsp3) is 0.750. The molecule has 6 rings (SSSR count). The van der Waals surface area contributed by atoms with Crippen LogP contribution in [0.15, 0.2) is 24.4 Å². The number of nitrogens with one attached hydrogen (secondary N) is 1. The molecule has 290 valence electrons. The average Bonchev–Trinajstić information content (AvgIpc) is 3.56. The molecule has 4 aliphatic rings. The van der Waals surface area contributed by atoms with Crippen molar-refractivity contribution in [1.82, 2.24) is 20.1 Å². The van der Waals surface area contributed by atoms with E-state index in [1.54, 1.807) is 17.2 Å². The molecule has 0 unspecified atom stereocenters. The van der Waals surface area contributed by atoms with E-state index < -0.39 is 31.2 Å². The Morgan fingerprint density at radius 1 is 0.942 bits per heavy atom. The van der Waals surface area contributed by atoms with E-state index in [1.807, 2.05) is 52.3 Å². The molecule has 2 atom stereocenters. The molecule has 11 nitrogen and oxygen atoms in total. The molecule has 2 amide bonds. The number of hydrogen-bond donors (Lipinski definition) is 1. The molecule has 4 aliphatic carbocycles. The molecule has 2 aromatic heterocycles. The second kappa shape index (κ2) is 13.6. The lowest BCUT2D eigenvalue weighted by Gasteiger charge is -2.70. The van der Waals surface area contributed by atoms with Gasteiger partial charge in [0.1, 0.15) is 17.0 Å². The number of amides is 2. The summed E-state index contributed by atoms with van der Waals surface area (Å²) in [5, 5.41) is 8.40. The SMILES string of the molecule is CC(C)(C)OC(=O)NC12CC(CCOc3cc(N(C(=O)OC(C)(C)C)c4cc([C@H]5CC[C@@H](O[Si](C)(C)C(C)(C)C)C5)nn4C(C)(C)C)ccn3)(C1)C2. The molecule has 4 saturated carbocycles. The standard InChI is InChI=1S/C40H65N5O6Si/c1-35(2,3)45-32(23-30(43-45)27-15-16-29(21-27)51-52(13,14)38(10,11)12)44(34(47)50-37(7,8)9)28-17-19-41-31(22-28)48-20-18-39-24-40(25-39,26-39)42-33(46)49-36(4,5)6/h17,19,22-23,27,29H,15-16,18,20-21,24-26H2,1-14H3,(H,42,46)/t27-,29+,39?,40?/m0/s1. The third-order valence-electron chi connectivity index (χ3n) is 11.0. The number of pyridine rings is 1. The van der Waals surface area contributed by atoms with Crippen molar-refractivity contribution < 1.29 is 28.2 Å². The zero-order valence-electron chi connectivity index (χ0n) is 34.4. The molecule has 12 heteroatoms. The number of alkyl carbamates (subject to hydrolysis) is 1. The van der Waals surface area contributed by atoms with E-state index in [-0.39, 0.29) is 34.1 Å². The molecule has 2 aromatic rings. The van der Waals surface area contributed by atoms with Crippen LogP contribution in [-0.2, 0) is 19.4 Å². The first-order valence-corrected chi connectivity index (χ1v) is 22.0. The number of carbonyl (C=O) groups is 2. The summed E-state index contributed by atoms with van der Waals surface area (Å²) in [6.07, 6.45) is 7.54. The van der Waals surface area contributed by atoms with E-state index in [2.05, 4.69) is 71.0 Å². The number of nitrogens with zero attached hydrogens (tertiary/aromatic N) is 4. The van der Waals surface area contributed by atoms with Gasteiger partial charge >= 0.3 is 12.2 Å². The Morgan fingerprint density at radius 3 is 2.15 bits per heavy atom. The zero-order valence-corrected chi connectivity index (χ0v) is 35.4. The fourth-order valence-electron chi connectivity index (χ4n) is 7.69. The van der Waals surface area contributed by atoms with Gasteiger partial charge in [0.2, 0.25) is 5.88 Å². The van der Waals surface area contributed by atoms with Crippen LogP contribution in [0.2, 0.25) is 18.1 Å². The third-order valence-corrected chi connectivity index (χ3v) is 15.5. The minimum Gasteiger partial charge on any atom is -0.478 e. The Labute approximate surface area is 313 Å². The monoisotopic (exact) mass is 739 g/mol. The van der Waals surface area contributed by atoms with Crippen molar-refractivity contribution >= 4 is 32.0 Å². The fourth-order valence-corrected chi connectivity index (χ4v) is 9.10. The van der Waals surface area contributed by atoms with Gasteiger partial charge in [-0.05, 0) is 137 Å². The quantitative estimate of drug-likeness (QED) is 0.239. The molecule has 0 saturated heterocycles. The average molecular weight is 740 g/mol. The highest BCUT2D eigenvalue weighted by molar-refractivity contribution is 6.74. The summed E-state index contributed by atoms with van der Waals surface area (Å²) >= 11 is 0. The maximum Gasteiger partial charge on any atom is 0.420 e. The van der Waals surface area contributed by atoms with Gasteiger partial charge in [0.25, 0.3) is 0 Å². The molecule has 0 aromatic carbocycles. The predicted octanol–water partition coefficient (Wildman–Crippen LogP) is 9.98. The van der Waals surface area contributed by atoms with Crippen LogP contribution in [0.4, 0.5) is 21.1 Å². The first kappa shape index (κ1) is 40.1. The molecule has 4 fully saturated rings. The molecule has 1 N–H and O–H groups in total. The topological polar surface area (TPSA) is 117 Å². The first-order chi connectivity index (χ1) is 23.7. The predicted molar refractivity (Wildman–Crippen MR) is 207 cm³/mol. The van der Waals surface area contributed by atoms with Crippen LogP contribution >= 0.6 is 0 Å². The Morgan fingerprint density at radius 2 is 1.58 bits per heavy atom. The van der Waals surface area contributed by atoms with Gasteiger partial charge in [0.05, 0.1) is 23.5 Å². The Hall–Kier alpha value is -3.12. The minimum atomic E-state index is -1.91. The second-order valence-electron chi connectivity index (χ2n) is 20.2. The van der Waals surface area contributed by atoms with Gasteiger partial charge in [0.15, 0.2) is 8.32 Å². The summed E-state index contributed by atoms with van der Waals surface area (Å²) < 4.78 is 26.4. The van der Waals surface area contributed by atoms with Gasteiger partial charge in [-0.1, -0.05) is 20.8 Å². The van der Waals surface area contributed by atoms with Gasteiger partial charge in [-0.15, -0.1) is 0 Å². The van der Waals surface area contributed by atoms with Crippen molar-refractivity contribution in [3.05, 3.63) is 30.1 Å². The number of carbonyl (C=O) groups excluding carboxylic acids is 2. The summed E-state index contributed by atoms with van der Waals surface area (Å²) in [4.78, 5) is 32.5. The van der Waals surface area contributed by atoms with Crippen molar-refractivity contribution in [1.29, 1.82) is 0 Å². The minimum absolute atomic E-state index is 0.147. The third kappa shape index (κ3) is 9.14. The lowest BCUT2D eigenvalue weighted by atomic mass is 9.38. The van der Waals surface area contributed by atoms with E-state index in [0.29, 0.717) is 24.0 Å². The summed E-state index contributed by atoms with van der Waals surface area (Å²) in [5.41, 5.74) is -0.0896. The van der Waals surface area contributed by atoms with Gasteiger partial charge in [-0.25, -0.2) is 24.2 Å². The van der Waals surface area contributed by atoms with Gasteiger partial charge < -0.3 is 24.0 Å². The van der Waals surface area contributed by atoms with E-state index >= 15 is 0 Å². The summed E-state index contributed by atoms with van der Waals surface area (Å²) in [5.74, 6) is 1.30. The highest BCUT2D eigenvalue weighted by Gasteiger charge is 2.68. The molecule has 0 aliphatic heterocycles. The largest absolute Gasteiger partial charge is 0.478 e. The van der Waals surface area contributed by atoms with E-state index in [1.165, 1.54) is 0 Å². The van der Waals surface area contributed by atoms with Crippen molar-refractivity contribution in [2.75, 3.05) is 11.5 Å². The zero-order chi connectivity index (χ0) is 38.7. The maximum atomic E-state index is 14.1. The maximum absolute atomic E-state index is 14.1. The number of anilines is 2. The van der Waals surface area contributed by atoms with Crippen LogP contribution in [0.5, 0.6) is 5.88 Å². The Balaban J connectivity index is 1.32. The lowest BCUT2D eigenvalue weighted by molar-refractivity contribution is -0.160. The normalized spacial score (nSPS) is 24.8. The molecule has 0 radical (unpaired) electrons. The summed E-state index contributed by atoms with van der Waals surface area (Å²) in [6.45, 7) is 29.5. The van der Waals surface area contributed by atoms with Crippen LogP contribution in [0.1, 0.15) is 140 Å². The van der Waals surface area contributed by atoms with Crippen molar-refractivity contribution in [2.24, 2.45) is 5.41 Å². The van der Waals surface area contributed by atoms with Gasteiger partial charge in [-0.3, -0.25) is 0 Å². The van der Waals surface area contributed by atoms with Crippen LogP contribution < -0.4 is 15.0 Å². The molecular formula is C40H65N5O6Si. The van der Waals surface area contributed by atoms with E-state index in [0.717, 1.165) is 50.6 Å². The van der Waals surface area contributed by atoms with E-state index in [4.69, 9.17) is 23.7 Å². The van der Waals surface area contributed by atoms with Crippen molar-refractivity contribution in [2.45, 2.75) is 180 Å². The van der Waals surface area contributed by atoms with E-state index in [9.17, 15) is 9.59 Å². The Kier molecular flexibility index (Phi) is 10.5. The number of rotatable bonds is 10. The highest BCUT2D eigenvalue weighted by atomic mass is 28.4. The van der Waals surface area contributed by atoms with Crippen molar-refractivity contribution in [3.8, 4) is 5.88 Å². The van der Waals surface area contributed by atoms with Gasteiger partial charge in [0, 0.05) is 35.9 Å². The van der Waals surface area contributed by atoms with Crippen molar-refractivity contribution in [3.63, 3.8) is 0 Å². The highest BCUT2D eigenvalue weighted by Crippen LogP contribution is 2.69. The molecule has 0 spiro atoms. The molecule has 52 heavy (non-hydrogen) atoms. The molecular weight excluding hydrogens is 675 g/mol. The van der Waals surface area contributed by atoms with Crippen LogP contribution in [0.3, 0.4) is 0 Å². The summed E-state index contributed by atoms with van der Waals surface area (Å²) in [7, 11) is -1.91. The van der Waals surface area contributed by atoms with Crippen LogP contribution in [0, 0.1) is 5.41 Å². The number of hydrogen-bond acceptors (Lipinski definition) is 8. The lowest BCUT2D eigenvalue weighted by Crippen LogP contribution is -2.75. The smallest absolute Gasteiger partial charge is 0.420 e. The van der Waals surface area contributed by atoms with Crippen LogP contribution in [-0.4, -0.2) is 64.7 Å². The van der Waals surface area contributed by atoms with Crippen LogP contribution in [0.25, 0.3) is 0 Å². The molecule has 2 heterocycles. The van der Waals surface area contributed by atoms with Gasteiger partial charge in [-0.2, -0.15) is 5.10 Å². The first-order valence-electron chi connectivity index (χ1n) is 19.1. The number of ether oxygens (including phenoxy) is 3.